The Morgan fingerprint density at radius 2 is 1.68 bits per heavy atom. The highest BCUT2D eigenvalue weighted by atomic mass is 16.5. The zero-order chi connectivity index (χ0) is 13.9. The summed E-state index contributed by atoms with van der Waals surface area (Å²) in [7, 11) is 0. The number of hydrogen-bond donors (Lipinski definition) is 0. The van der Waals surface area contributed by atoms with Crippen molar-refractivity contribution in [3.05, 3.63) is 0 Å². The van der Waals surface area contributed by atoms with E-state index in [-0.39, 0.29) is 0 Å². The molecule has 2 aliphatic heterocycles. The van der Waals surface area contributed by atoms with Crippen molar-refractivity contribution in [2.24, 2.45) is 22.7 Å². The number of rotatable bonds is 7. The van der Waals surface area contributed by atoms with Crippen LogP contribution in [0, 0.1) is 22.7 Å². The van der Waals surface area contributed by atoms with Crippen molar-refractivity contribution in [1.29, 1.82) is 0 Å². The van der Waals surface area contributed by atoms with Crippen LogP contribution in [0.3, 0.4) is 0 Å². The first-order chi connectivity index (χ1) is 9.05. The maximum Gasteiger partial charge on any atom is 0.0547 e. The summed E-state index contributed by atoms with van der Waals surface area (Å²) in [6.45, 7) is 13.4. The summed E-state index contributed by atoms with van der Waals surface area (Å²) in [4.78, 5) is 0. The molecule has 0 aromatic heterocycles. The third-order valence-corrected chi connectivity index (χ3v) is 6.20. The summed E-state index contributed by atoms with van der Waals surface area (Å²) in [5.74, 6) is 1.55. The van der Waals surface area contributed by atoms with Crippen molar-refractivity contribution >= 4 is 0 Å². The van der Waals surface area contributed by atoms with Crippen molar-refractivity contribution in [3.8, 4) is 0 Å². The molecule has 2 aliphatic rings. The van der Waals surface area contributed by atoms with Crippen LogP contribution in [0.15, 0.2) is 0 Å². The molecule has 0 bridgehead atoms. The Kier molecular flexibility index (Phi) is 4.94. The molecule has 112 valence electrons. The molecule has 2 fully saturated rings. The van der Waals surface area contributed by atoms with E-state index in [0.717, 1.165) is 38.3 Å². The minimum atomic E-state index is 0.467. The molecule has 2 heterocycles. The molecule has 0 N–H and O–H groups in total. The Bertz CT molecular complexity index is 269. The molecule has 0 aromatic carbocycles. The quantitative estimate of drug-likeness (QED) is 0.686. The van der Waals surface area contributed by atoms with Crippen LogP contribution < -0.4 is 0 Å². The van der Waals surface area contributed by atoms with Gasteiger partial charge in [-0.25, -0.2) is 0 Å². The van der Waals surface area contributed by atoms with E-state index in [9.17, 15) is 0 Å². The summed E-state index contributed by atoms with van der Waals surface area (Å²) >= 11 is 0. The lowest BCUT2D eigenvalue weighted by atomic mass is 9.68. The first-order valence-corrected chi connectivity index (χ1v) is 8.20. The molecule has 0 radical (unpaired) electrons. The fourth-order valence-electron chi connectivity index (χ4n) is 3.83. The first-order valence-electron chi connectivity index (χ1n) is 8.20. The van der Waals surface area contributed by atoms with Gasteiger partial charge >= 0.3 is 0 Å². The van der Waals surface area contributed by atoms with Crippen LogP contribution in [0.5, 0.6) is 0 Å². The van der Waals surface area contributed by atoms with Crippen molar-refractivity contribution in [2.45, 2.75) is 59.8 Å². The summed E-state index contributed by atoms with van der Waals surface area (Å²) < 4.78 is 11.1. The fraction of sp³-hybridized carbons (Fsp3) is 1.00. The third-order valence-electron chi connectivity index (χ3n) is 6.20. The Morgan fingerprint density at radius 1 is 1.00 bits per heavy atom. The van der Waals surface area contributed by atoms with Gasteiger partial charge in [-0.3, -0.25) is 0 Å². The SMILES string of the molecule is CCC1(C(C)CCCC2(C(C)C)CCOC2)COC1. The smallest absolute Gasteiger partial charge is 0.0547 e. The van der Waals surface area contributed by atoms with Gasteiger partial charge in [0, 0.05) is 12.0 Å². The van der Waals surface area contributed by atoms with E-state index in [2.05, 4.69) is 27.7 Å². The van der Waals surface area contributed by atoms with Crippen molar-refractivity contribution < 1.29 is 9.47 Å². The molecule has 2 nitrogen and oxygen atoms in total. The van der Waals surface area contributed by atoms with Gasteiger partial charge in [0.15, 0.2) is 0 Å². The van der Waals surface area contributed by atoms with Crippen LogP contribution in [-0.2, 0) is 9.47 Å². The molecular weight excluding hydrogens is 236 g/mol. The van der Waals surface area contributed by atoms with Crippen LogP contribution in [-0.4, -0.2) is 26.4 Å². The van der Waals surface area contributed by atoms with Gasteiger partial charge in [0.05, 0.1) is 19.8 Å². The van der Waals surface area contributed by atoms with Gasteiger partial charge < -0.3 is 9.47 Å². The average molecular weight is 268 g/mol. The Morgan fingerprint density at radius 3 is 2.11 bits per heavy atom. The number of ether oxygens (including phenoxy) is 2. The third kappa shape index (κ3) is 3.00. The van der Waals surface area contributed by atoms with Gasteiger partial charge in [0.25, 0.3) is 0 Å². The van der Waals surface area contributed by atoms with Crippen molar-refractivity contribution in [3.63, 3.8) is 0 Å². The molecule has 19 heavy (non-hydrogen) atoms. The summed E-state index contributed by atoms with van der Waals surface area (Å²) in [6, 6.07) is 0. The number of hydrogen-bond acceptors (Lipinski definition) is 2. The summed E-state index contributed by atoms with van der Waals surface area (Å²) in [5, 5.41) is 0. The molecule has 2 atom stereocenters. The molecule has 2 heteroatoms. The summed E-state index contributed by atoms with van der Waals surface area (Å²) in [5.41, 5.74) is 0.965. The van der Waals surface area contributed by atoms with Crippen LogP contribution in [0.25, 0.3) is 0 Å². The minimum Gasteiger partial charge on any atom is -0.381 e. The van der Waals surface area contributed by atoms with Gasteiger partial charge in [-0.1, -0.05) is 34.1 Å². The van der Waals surface area contributed by atoms with Crippen LogP contribution >= 0.6 is 0 Å². The van der Waals surface area contributed by atoms with E-state index in [1.807, 2.05) is 0 Å². The molecule has 0 spiro atoms. The normalized spacial score (nSPS) is 31.4. The summed E-state index contributed by atoms with van der Waals surface area (Å²) in [6.07, 6.45) is 6.58. The zero-order valence-electron chi connectivity index (χ0n) is 13.3. The van der Waals surface area contributed by atoms with E-state index in [0.29, 0.717) is 10.8 Å². The Hall–Kier alpha value is -0.0800. The maximum absolute atomic E-state index is 5.68. The lowest BCUT2D eigenvalue weighted by molar-refractivity contribution is -0.146. The lowest BCUT2D eigenvalue weighted by Gasteiger charge is -2.46. The van der Waals surface area contributed by atoms with Gasteiger partial charge in [-0.2, -0.15) is 0 Å². The van der Waals surface area contributed by atoms with Gasteiger partial charge in [0.2, 0.25) is 0 Å². The second-order valence-corrected chi connectivity index (χ2v) is 7.32. The molecule has 2 unspecified atom stereocenters. The predicted molar refractivity (Wildman–Crippen MR) is 79.3 cm³/mol. The zero-order valence-corrected chi connectivity index (χ0v) is 13.3. The minimum absolute atomic E-state index is 0.467. The fourth-order valence-corrected chi connectivity index (χ4v) is 3.83. The lowest BCUT2D eigenvalue weighted by Crippen LogP contribution is -2.47. The van der Waals surface area contributed by atoms with Crippen LogP contribution in [0.4, 0.5) is 0 Å². The van der Waals surface area contributed by atoms with E-state index in [1.54, 1.807) is 0 Å². The van der Waals surface area contributed by atoms with Crippen LogP contribution in [0.2, 0.25) is 0 Å². The highest BCUT2D eigenvalue weighted by Gasteiger charge is 2.42. The largest absolute Gasteiger partial charge is 0.381 e. The van der Waals surface area contributed by atoms with Gasteiger partial charge in [0.1, 0.15) is 0 Å². The maximum atomic E-state index is 5.68. The van der Waals surface area contributed by atoms with Gasteiger partial charge in [-0.15, -0.1) is 0 Å². The molecule has 2 saturated heterocycles. The second-order valence-electron chi connectivity index (χ2n) is 7.32. The molecule has 0 aliphatic carbocycles. The standard InChI is InChI=1S/C17H32O2/c1-5-16(11-19-12-16)15(4)7-6-8-17(14(2)3)9-10-18-13-17/h14-15H,5-13H2,1-4H3. The van der Waals surface area contributed by atoms with Gasteiger partial charge in [-0.05, 0) is 42.9 Å². The molecule has 0 amide bonds. The average Bonchev–Trinajstić information content (AvgIpc) is 2.78. The van der Waals surface area contributed by atoms with E-state index < -0.39 is 0 Å². The van der Waals surface area contributed by atoms with E-state index in [4.69, 9.17) is 9.47 Å². The van der Waals surface area contributed by atoms with E-state index >= 15 is 0 Å². The van der Waals surface area contributed by atoms with Crippen molar-refractivity contribution in [2.75, 3.05) is 26.4 Å². The molecule has 2 rings (SSSR count). The topological polar surface area (TPSA) is 18.5 Å². The highest BCUT2D eigenvalue weighted by molar-refractivity contribution is 4.90. The molecule has 0 saturated carbocycles. The molecule has 0 aromatic rings. The Balaban J connectivity index is 1.79. The van der Waals surface area contributed by atoms with E-state index in [1.165, 1.54) is 32.1 Å². The highest BCUT2D eigenvalue weighted by Crippen LogP contribution is 2.44. The van der Waals surface area contributed by atoms with Crippen molar-refractivity contribution in [1.82, 2.24) is 0 Å². The Labute approximate surface area is 119 Å². The monoisotopic (exact) mass is 268 g/mol. The first kappa shape index (κ1) is 15.3. The molecular formula is C17H32O2. The predicted octanol–water partition coefficient (Wildman–Crippen LogP) is 4.28. The van der Waals surface area contributed by atoms with Crippen LogP contribution in [0.1, 0.15) is 59.8 Å². The second kappa shape index (κ2) is 6.13.